The molecule has 11 nitrogen and oxygen atoms in total. The summed E-state index contributed by atoms with van der Waals surface area (Å²) in [5, 5.41) is 24.5. The van der Waals surface area contributed by atoms with Gasteiger partial charge in [-0.15, -0.1) is 0 Å². The third-order valence-corrected chi connectivity index (χ3v) is 8.68. The number of hydrogen-bond acceptors (Lipinski definition) is 7. The van der Waals surface area contributed by atoms with E-state index in [9.17, 15) is 29.2 Å². The molecule has 2 amide bonds. The number of carboxylic acids is 1. The number of nitrogens with zero attached hydrogens (tertiary/aromatic N) is 1. The number of aliphatic carboxylic acids is 1. The molecule has 12 heteroatoms. The molecule has 4 rings (SSSR count). The minimum Gasteiger partial charge on any atom is -0.508 e. The Hall–Kier alpha value is -4.02. The number of aromatic hydroxyl groups is 1. The van der Waals surface area contributed by atoms with E-state index in [1.54, 1.807) is 12.1 Å². The van der Waals surface area contributed by atoms with Crippen molar-refractivity contribution in [1.29, 1.82) is 0 Å². The lowest BCUT2D eigenvalue weighted by Gasteiger charge is -2.29. The molecule has 4 N–H and O–H groups in total. The Morgan fingerprint density at radius 2 is 1.47 bits per heavy atom. The number of carboxylic acid groups (broad SMARTS) is 1. The smallest absolute Gasteiger partial charge is 0.406 e. The SMILES string of the molecule is CC(NP(=O)(OCc1ccccc1)OCc1ccccc1)C(=O)N1CCCC1C(=O)NC(Cc1ccc(O)cc1)C(=O)O. The maximum Gasteiger partial charge on any atom is 0.406 e. The van der Waals surface area contributed by atoms with Gasteiger partial charge in [0.15, 0.2) is 0 Å². The van der Waals surface area contributed by atoms with Gasteiger partial charge in [-0.2, -0.15) is 0 Å². The standard InChI is InChI=1S/C31H36N3O8P/c1-22(33-43(40,41-20-24-9-4-2-5-10-24)42-21-25-11-6-3-7-12-25)30(37)34-18-8-13-28(34)29(36)32-27(31(38)39)19-23-14-16-26(35)17-15-23/h2-7,9-12,14-17,22,27-28,35H,8,13,18-21H2,1H3,(H,32,36)(H,33,40)(H,38,39). The van der Waals surface area contributed by atoms with Crippen molar-refractivity contribution in [2.75, 3.05) is 6.54 Å². The van der Waals surface area contributed by atoms with E-state index in [-0.39, 0.29) is 31.9 Å². The van der Waals surface area contributed by atoms with Gasteiger partial charge in [-0.05, 0) is 48.6 Å². The van der Waals surface area contributed by atoms with Crippen molar-refractivity contribution in [2.24, 2.45) is 0 Å². The van der Waals surface area contributed by atoms with Crippen LogP contribution in [0.15, 0.2) is 84.9 Å². The van der Waals surface area contributed by atoms with Gasteiger partial charge in [0.25, 0.3) is 0 Å². The first kappa shape index (κ1) is 31.9. The fourth-order valence-corrected chi connectivity index (χ4v) is 6.21. The summed E-state index contributed by atoms with van der Waals surface area (Å²) in [6, 6.07) is 21.1. The molecule has 3 unspecified atom stereocenters. The molecule has 1 aliphatic rings. The number of carbonyl (C=O) groups is 3. The Kier molecular flexibility index (Phi) is 11.1. The molecule has 0 radical (unpaired) electrons. The van der Waals surface area contributed by atoms with E-state index in [0.29, 0.717) is 18.4 Å². The summed E-state index contributed by atoms with van der Waals surface area (Å²) in [6.07, 6.45) is 0.891. The topological polar surface area (TPSA) is 154 Å². The molecule has 1 saturated heterocycles. The summed E-state index contributed by atoms with van der Waals surface area (Å²) < 4.78 is 25.3. The van der Waals surface area contributed by atoms with Crippen LogP contribution >= 0.6 is 7.75 Å². The van der Waals surface area contributed by atoms with Gasteiger partial charge in [-0.1, -0.05) is 72.8 Å². The quantitative estimate of drug-likeness (QED) is 0.199. The molecule has 1 aliphatic heterocycles. The first-order valence-corrected chi connectivity index (χ1v) is 15.5. The second-order valence-electron chi connectivity index (χ2n) is 10.3. The minimum atomic E-state index is -4.02. The van der Waals surface area contributed by atoms with Gasteiger partial charge in [0, 0.05) is 13.0 Å². The van der Waals surface area contributed by atoms with Gasteiger partial charge < -0.3 is 20.4 Å². The Morgan fingerprint density at radius 1 is 0.907 bits per heavy atom. The van der Waals surface area contributed by atoms with Crippen molar-refractivity contribution >= 4 is 25.5 Å². The zero-order valence-electron chi connectivity index (χ0n) is 23.8. The monoisotopic (exact) mass is 609 g/mol. The van der Waals surface area contributed by atoms with Crippen LogP contribution in [-0.4, -0.2) is 57.6 Å². The van der Waals surface area contributed by atoms with Crippen molar-refractivity contribution in [2.45, 2.75) is 57.5 Å². The molecule has 1 heterocycles. The number of rotatable bonds is 14. The van der Waals surface area contributed by atoms with Gasteiger partial charge in [0.2, 0.25) is 11.8 Å². The average Bonchev–Trinajstić information content (AvgIpc) is 3.51. The highest BCUT2D eigenvalue weighted by atomic mass is 31.2. The van der Waals surface area contributed by atoms with Crippen molar-refractivity contribution in [1.82, 2.24) is 15.3 Å². The van der Waals surface area contributed by atoms with Crippen LogP contribution in [0, 0.1) is 0 Å². The molecule has 1 fully saturated rings. The zero-order valence-corrected chi connectivity index (χ0v) is 24.7. The predicted octanol–water partition coefficient (Wildman–Crippen LogP) is 4.01. The highest BCUT2D eigenvalue weighted by Crippen LogP contribution is 2.46. The fourth-order valence-electron chi connectivity index (χ4n) is 4.76. The van der Waals surface area contributed by atoms with Crippen LogP contribution in [-0.2, 0) is 47.6 Å². The van der Waals surface area contributed by atoms with E-state index in [0.717, 1.165) is 11.1 Å². The summed E-state index contributed by atoms with van der Waals surface area (Å²) in [4.78, 5) is 40.0. The number of phenols is 1. The number of amides is 2. The third kappa shape index (κ3) is 9.23. The van der Waals surface area contributed by atoms with Crippen LogP contribution in [0.25, 0.3) is 0 Å². The van der Waals surface area contributed by atoms with E-state index >= 15 is 0 Å². The summed E-state index contributed by atoms with van der Waals surface area (Å²) in [6.45, 7) is 1.75. The molecule has 3 atom stereocenters. The molecule has 0 aromatic heterocycles. The first-order chi connectivity index (χ1) is 20.6. The molecule has 0 aliphatic carbocycles. The van der Waals surface area contributed by atoms with Crippen LogP contribution in [0.1, 0.15) is 36.5 Å². The van der Waals surface area contributed by atoms with E-state index < -0.39 is 43.7 Å². The predicted molar refractivity (Wildman–Crippen MR) is 159 cm³/mol. The molecule has 0 spiro atoms. The third-order valence-electron chi connectivity index (χ3n) is 7.04. The molecule has 0 bridgehead atoms. The van der Waals surface area contributed by atoms with Crippen molar-refractivity contribution in [3.05, 3.63) is 102 Å². The minimum absolute atomic E-state index is 0.000661. The molecular formula is C31H36N3O8P. The van der Waals surface area contributed by atoms with Crippen LogP contribution in [0.4, 0.5) is 0 Å². The van der Waals surface area contributed by atoms with E-state index in [1.165, 1.54) is 24.0 Å². The summed E-state index contributed by atoms with van der Waals surface area (Å²) in [7, 11) is -4.02. The van der Waals surface area contributed by atoms with E-state index in [1.807, 2.05) is 60.7 Å². The summed E-state index contributed by atoms with van der Waals surface area (Å²) in [5.41, 5.74) is 2.15. The lowest BCUT2D eigenvalue weighted by Crippen LogP contribution is -2.54. The Labute approximate surface area is 250 Å². The fraction of sp³-hybridized carbons (Fsp3) is 0.323. The zero-order chi connectivity index (χ0) is 30.8. The van der Waals surface area contributed by atoms with Gasteiger partial charge >= 0.3 is 13.7 Å². The van der Waals surface area contributed by atoms with Crippen molar-refractivity contribution in [3.8, 4) is 5.75 Å². The second kappa shape index (κ2) is 14.9. The molecule has 43 heavy (non-hydrogen) atoms. The van der Waals surface area contributed by atoms with Gasteiger partial charge in [-0.25, -0.2) is 14.4 Å². The van der Waals surface area contributed by atoms with Crippen LogP contribution < -0.4 is 10.4 Å². The number of hydrogen-bond donors (Lipinski definition) is 4. The number of phenolic OH excluding ortho intramolecular Hbond substituents is 1. The Bertz CT molecular complexity index is 1370. The van der Waals surface area contributed by atoms with Crippen LogP contribution in [0.5, 0.6) is 5.75 Å². The average molecular weight is 610 g/mol. The van der Waals surface area contributed by atoms with Crippen LogP contribution in [0.3, 0.4) is 0 Å². The largest absolute Gasteiger partial charge is 0.508 e. The summed E-state index contributed by atoms with van der Waals surface area (Å²) in [5.74, 6) is -2.26. The van der Waals surface area contributed by atoms with E-state index in [2.05, 4.69) is 10.4 Å². The van der Waals surface area contributed by atoms with E-state index in [4.69, 9.17) is 9.05 Å². The molecule has 3 aromatic rings. The summed E-state index contributed by atoms with van der Waals surface area (Å²) >= 11 is 0. The maximum atomic E-state index is 13.8. The number of likely N-dealkylation sites (tertiary alicyclic amines) is 1. The number of carbonyl (C=O) groups excluding carboxylic acids is 2. The maximum absolute atomic E-state index is 13.8. The molecule has 3 aromatic carbocycles. The number of benzene rings is 3. The normalized spacial score (nSPS) is 16.4. The number of nitrogens with one attached hydrogen (secondary N) is 2. The molecule has 228 valence electrons. The van der Waals surface area contributed by atoms with Gasteiger partial charge in [0.1, 0.15) is 17.8 Å². The molecular weight excluding hydrogens is 573 g/mol. The highest BCUT2D eigenvalue weighted by Gasteiger charge is 2.39. The van der Waals surface area contributed by atoms with Gasteiger partial charge in [-0.3, -0.25) is 18.6 Å². The Morgan fingerprint density at radius 3 is 2.00 bits per heavy atom. The lowest BCUT2D eigenvalue weighted by atomic mass is 10.0. The van der Waals surface area contributed by atoms with Gasteiger partial charge in [0.05, 0.1) is 19.3 Å². The van der Waals surface area contributed by atoms with Crippen molar-refractivity contribution < 1.29 is 38.2 Å². The Balaban J connectivity index is 1.42. The highest BCUT2D eigenvalue weighted by molar-refractivity contribution is 7.51. The van der Waals surface area contributed by atoms with Crippen LogP contribution in [0.2, 0.25) is 0 Å². The first-order valence-electron chi connectivity index (χ1n) is 14.0. The van der Waals surface area contributed by atoms with Crippen molar-refractivity contribution in [3.63, 3.8) is 0 Å². The second-order valence-corrected chi connectivity index (χ2v) is 12.1. The lowest BCUT2D eigenvalue weighted by molar-refractivity contribution is -0.144. The molecule has 0 saturated carbocycles.